The first kappa shape index (κ1) is 13.3. The van der Waals surface area contributed by atoms with E-state index >= 15 is 0 Å². The molecule has 0 aliphatic carbocycles. The molecule has 5 heteroatoms. The third-order valence-electron chi connectivity index (χ3n) is 3.21. The molecular weight excluding hydrogens is 243 g/mol. The van der Waals surface area contributed by atoms with Crippen molar-refractivity contribution in [3.8, 4) is 0 Å². The van der Waals surface area contributed by atoms with Gasteiger partial charge in [-0.2, -0.15) is 0 Å². The summed E-state index contributed by atoms with van der Waals surface area (Å²) in [6, 6.07) is 8.50. The first-order valence-electron chi connectivity index (χ1n) is 6.10. The molecule has 1 aromatic heterocycles. The lowest BCUT2D eigenvalue weighted by molar-refractivity contribution is 0.584. The summed E-state index contributed by atoms with van der Waals surface area (Å²) in [5.41, 5.74) is 0.648. The standard InChI is InChI=1S/C14H17FN4/c1-10(11-6-4-5-7-12(11)15)19(3)14-8-13(16-2)17-9-18-14/h4-10H,1-3H3,(H,16,17,18). The van der Waals surface area contributed by atoms with Crippen molar-refractivity contribution in [2.75, 3.05) is 24.3 Å². The van der Waals surface area contributed by atoms with Crippen LogP contribution in [0.25, 0.3) is 0 Å². The minimum Gasteiger partial charge on any atom is -0.373 e. The van der Waals surface area contributed by atoms with Crippen LogP contribution in [-0.2, 0) is 0 Å². The molecule has 2 aromatic rings. The van der Waals surface area contributed by atoms with Crippen molar-refractivity contribution in [2.45, 2.75) is 13.0 Å². The third-order valence-corrected chi connectivity index (χ3v) is 3.21. The van der Waals surface area contributed by atoms with Crippen molar-refractivity contribution >= 4 is 11.6 Å². The number of hydrogen-bond acceptors (Lipinski definition) is 4. The molecule has 1 aromatic carbocycles. The predicted molar refractivity (Wildman–Crippen MR) is 74.8 cm³/mol. The quantitative estimate of drug-likeness (QED) is 0.917. The van der Waals surface area contributed by atoms with Crippen LogP contribution in [0.2, 0.25) is 0 Å². The fourth-order valence-corrected chi connectivity index (χ4v) is 1.90. The van der Waals surface area contributed by atoms with Gasteiger partial charge in [0.1, 0.15) is 23.8 Å². The Labute approximate surface area is 112 Å². The van der Waals surface area contributed by atoms with Gasteiger partial charge in [0.2, 0.25) is 0 Å². The van der Waals surface area contributed by atoms with Gasteiger partial charge in [-0.25, -0.2) is 14.4 Å². The fourth-order valence-electron chi connectivity index (χ4n) is 1.90. The van der Waals surface area contributed by atoms with Crippen LogP contribution in [0.15, 0.2) is 36.7 Å². The maximum absolute atomic E-state index is 13.8. The SMILES string of the molecule is CNc1cc(N(C)C(C)c2ccccc2F)ncn1. The van der Waals surface area contributed by atoms with Crippen molar-refractivity contribution in [2.24, 2.45) is 0 Å². The molecule has 0 spiro atoms. The second kappa shape index (κ2) is 5.65. The summed E-state index contributed by atoms with van der Waals surface area (Å²) in [5, 5.41) is 2.96. The van der Waals surface area contributed by atoms with Gasteiger partial charge < -0.3 is 10.2 Å². The van der Waals surface area contributed by atoms with Crippen molar-refractivity contribution < 1.29 is 4.39 Å². The van der Waals surface area contributed by atoms with E-state index in [1.54, 1.807) is 19.2 Å². The van der Waals surface area contributed by atoms with Gasteiger partial charge in [-0.05, 0) is 13.0 Å². The van der Waals surface area contributed by atoms with Gasteiger partial charge in [-0.3, -0.25) is 0 Å². The van der Waals surface area contributed by atoms with Gasteiger partial charge in [0.05, 0.1) is 6.04 Å². The Morgan fingerprint density at radius 3 is 2.68 bits per heavy atom. The summed E-state index contributed by atoms with van der Waals surface area (Å²) in [6.45, 7) is 1.94. The van der Waals surface area contributed by atoms with E-state index in [1.165, 1.54) is 12.4 Å². The van der Waals surface area contributed by atoms with Crippen LogP contribution in [0.3, 0.4) is 0 Å². The second-order valence-corrected chi connectivity index (χ2v) is 4.32. The normalized spacial score (nSPS) is 12.0. The summed E-state index contributed by atoms with van der Waals surface area (Å²) in [7, 11) is 3.69. The zero-order chi connectivity index (χ0) is 13.8. The number of nitrogens with zero attached hydrogens (tertiary/aromatic N) is 3. The molecule has 0 radical (unpaired) electrons. The van der Waals surface area contributed by atoms with E-state index in [9.17, 15) is 4.39 Å². The minimum absolute atomic E-state index is 0.110. The van der Waals surface area contributed by atoms with E-state index in [-0.39, 0.29) is 11.9 Å². The van der Waals surface area contributed by atoms with Crippen LogP contribution < -0.4 is 10.2 Å². The van der Waals surface area contributed by atoms with Crippen LogP contribution in [-0.4, -0.2) is 24.1 Å². The van der Waals surface area contributed by atoms with Gasteiger partial charge in [0, 0.05) is 25.7 Å². The Morgan fingerprint density at radius 1 is 1.26 bits per heavy atom. The average molecular weight is 260 g/mol. The first-order valence-corrected chi connectivity index (χ1v) is 6.10. The lowest BCUT2D eigenvalue weighted by Gasteiger charge is -2.26. The molecule has 0 saturated carbocycles. The molecule has 4 nitrogen and oxygen atoms in total. The highest BCUT2D eigenvalue weighted by Gasteiger charge is 2.16. The van der Waals surface area contributed by atoms with Gasteiger partial charge >= 0.3 is 0 Å². The van der Waals surface area contributed by atoms with Crippen LogP contribution in [0.4, 0.5) is 16.0 Å². The van der Waals surface area contributed by atoms with Crippen molar-refractivity contribution in [3.05, 3.63) is 48.0 Å². The van der Waals surface area contributed by atoms with Gasteiger partial charge in [-0.1, -0.05) is 18.2 Å². The summed E-state index contributed by atoms with van der Waals surface area (Å²) in [5.74, 6) is 1.28. The topological polar surface area (TPSA) is 41.0 Å². The summed E-state index contributed by atoms with van der Waals surface area (Å²) < 4.78 is 13.8. The summed E-state index contributed by atoms with van der Waals surface area (Å²) in [6.07, 6.45) is 1.49. The highest BCUT2D eigenvalue weighted by atomic mass is 19.1. The van der Waals surface area contributed by atoms with E-state index < -0.39 is 0 Å². The molecule has 19 heavy (non-hydrogen) atoms. The molecule has 0 aliphatic heterocycles. The molecule has 100 valence electrons. The van der Waals surface area contributed by atoms with Crippen LogP contribution in [0.5, 0.6) is 0 Å². The Hall–Kier alpha value is -2.17. The number of aromatic nitrogens is 2. The van der Waals surface area contributed by atoms with Crippen LogP contribution in [0.1, 0.15) is 18.5 Å². The smallest absolute Gasteiger partial charge is 0.134 e. The number of hydrogen-bond donors (Lipinski definition) is 1. The Kier molecular flexibility index (Phi) is 3.94. The monoisotopic (exact) mass is 260 g/mol. The van der Waals surface area contributed by atoms with E-state index in [1.807, 2.05) is 31.0 Å². The Balaban J connectivity index is 2.28. The molecule has 0 aliphatic rings. The molecule has 1 heterocycles. The number of halogens is 1. The van der Waals surface area contributed by atoms with E-state index in [0.717, 1.165) is 11.6 Å². The van der Waals surface area contributed by atoms with E-state index in [4.69, 9.17) is 0 Å². The van der Waals surface area contributed by atoms with Crippen molar-refractivity contribution in [1.29, 1.82) is 0 Å². The van der Waals surface area contributed by atoms with Crippen LogP contribution >= 0.6 is 0 Å². The second-order valence-electron chi connectivity index (χ2n) is 4.32. The number of benzene rings is 1. The fraction of sp³-hybridized carbons (Fsp3) is 0.286. The average Bonchev–Trinajstić information content (AvgIpc) is 2.46. The molecule has 0 bridgehead atoms. The van der Waals surface area contributed by atoms with Crippen molar-refractivity contribution in [3.63, 3.8) is 0 Å². The number of nitrogens with one attached hydrogen (secondary N) is 1. The predicted octanol–water partition coefficient (Wildman–Crippen LogP) is 2.85. The van der Waals surface area contributed by atoms with Gasteiger partial charge in [0.15, 0.2) is 0 Å². The van der Waals surface area contributed by atoms with E-state index in [0.29, 0.717) is 5.56 Å². The van der Waals surface area contributed by atoms with Crippen molar-refractivity contribution in [1.82, 2.24) is 9.97 Å². The zero-order valence-corrected chi connectivity index (χ0v) is 11.3. The maximum Gasteiger partial charge on any atom is 0.134 e. The molecular formula is C14H17FN4. The van der Waals surface area contributed by atoms with Gasteiger partial charge in [-0.15, -0.1) is 0 Å². The molecule has 0 saturated heterocycles. The highest BCUT2D eigenvalue weighted by molar-refractivity contribution is 5.49. The summed E-state index contributed by atoms with van der Waals surface area (Å²) >= 11 is 0. The Morgan fingerprint density at radius 2 is 2.00 bits per heavy atom. The number of rotatable bonds is 4. The van der Waals surface area contributed by atoms with Gasteiger partial charge in [0.25, 0.3) is 0 Å². The Bertz CT molecular complexity index is 559. The largest absolute Gasteiger partial charge is 0.373 e. The molecule has 0 fully saturated rings. The lowest BCUT2D eigenvalue weighted by Crippen LogP contribution is -2.23. The summed E-state index contributed by atoms with van der Waals surface area (Å²) in [4.78, 5) is 10.2. The first-order chi connectivity index (χ1) is 9.13. The lowest BCUT2D eigenvalue weighted by atomic mass is 10.1. The minimum atomic E-state index is -0.204. The molecule has 2 rings (SSSR count). The molecule has 0 amide bonds. The zero-order valence-electron chi connectivity index (χ0n) is 11.3. The maximum atomic E-state index is 13.8. The number of anilines is 2. The molecule has 1 atom stereocenters. The third kappa shape index (κ3) is 2.81. The van der Waals surface area contributed by atoms with E-state index in [2.05, 4.69) is 15.3 Å². The highest BCUT2D eigenvalue weighted by Crippen LogP contribution is 2.26. The molecule has 1 N–H and O–H groups in total. The molecule has 1 unspecified atom stereocenters. The van der Waals surface area contributed by atoms with Crippen LogP contribution in [0, 0.1) is 5.82 Å².